The molecular weight excluding hydrogens is 280 g/mol. The van der Waals surface area contributed by atoms with Crippen LogP contribution in [0.3, 0.4) is 0 Å². The molecule has 1 saturated heterocycles. The van der Waals surface area contributed by atoms with Crippen molar-refractivity contribution < 1.29 is 4.79 Å². The van der Waals surface area contributed by atoms with Crippen LogP contribution in [0, 0.1) is 0 Å². The lowest BCUT2D eigenvalue weighted by molar-refractivity contribution is -0.118. The van der Waals surface area contributed by atoms with E-state index < -0.39 is 0 Å². The molecule has 1 aromatic carbocycles. The van der Waals surface area contributed by atoms with Crippen LogP contribution in [-0.2, 0) is 11.3 Å². The Morgan fingerprint density at radius 1 is 1.45 bits per heavy atom. The molecule has 0 aliphatic carbocycles. The van der Waals surface area contributed by atoms with Crippen LogP contribution in [0.25, 0.3) is 11.4 Å². The molecule has 1 aliphatic heterocycles. The first-order chi connectivity index (χ1) is 10.8. The number of aromatic nitrogens is 4. The predicted molar refractivity (Wildman–Crippen MR) is 83.2 cm³/mol. The quantitative estimate of drug-likeness (QED) is 0.892. The van der Waals surface area contributed by atoms with E-state index in [1.807, 2.05) is 31.2 Å². The molecule has 0 radical (unpaired) electrons. The third kappa shape index (κ3) is 3.14. The Hall–Kier alpha value is -2.28. The number of nitrogens with one attached hydrogen (secondary N) is 2. The van der Waals surface area contributed by atoms with Gasteiger partial charge >= 0.3 is 0 Å². The molecule has 1 aromatic heterocycles. The molecule has 7 nitrogen and oxygen atoms in total. The molecule has 1 fully saturated rings. The monoisotopic (exact) mass is 300 g/mol. The van der Waals surface area contributed by atoms with Gasteiger partial charge in [-0.2, -0.15) is 0 Å². The highest BCUT2D eigenvalue weighted by Crippen LogP contribution is 2.20. The Balaban J connectivity index is 1.75. The summed E-state index contributed by atoms with van der Waals surface area (Å²) in [6.45, 7) is 3.59. The highest BCUT2D eigenvalue weighted by molar-refractivity contribution is 5.95. The molecule has 1 amide bonds. The van der Waals surface area contributed by atoms with Crippen molar-refractivity contribution in [3.8, 4) is 11.4 Å². The van der Waals surface area contributed by atoms with Crippen LogP contribution in [0.4, 0.5) is 5.69 Å². The maximum atomic E-state index is 12.3. The minimum absolute atomic E-state index is 0.0203. The van der Waals surface area contributed by atoms with Crippen LogP contribution in [0.2, 0.25) is 0 Å². The number of rotatable bonds is 4. The maximum Gasteiger partial charge on any atom is 0.241 e. The number of hydrogen-bond acceptors (Lipinski definition) is 5. The van der Waals surface area contributed by atoms with Crippen LogP contribution >= 0.6 is 0 Å². The van der Waals surface area contributed by atoms with E-state index in [0.717, 1.165) is 37.1 Å². The van der Waals surface area contributed by atoms with Crippen LogP contribution in [-0.4, -0.2) is 38.7 Å². The first-order valence-electron chi connectivity index (χ1n) is 7.69. The molecular formula is C15H20N6O. The molecule has 7 heteroatoms. The smallest absolute Gasteiger partial charge is 0.241 e. The molecule has 1 aliphatic rings. The molecule has 1 unspecified atom stereocenters. The van der Waals surface area contributed by atoms with E-state index in [-0.39, 0.29) is 11.9 Å². The number of hydrogen-bond donors (Lipinski definition) is 2. The minimum atomic E-state index is -0.0987. The zero-order chi connectivity index (χ0) is 15.4. The van der Waals surface area contributed by atoms with E-state index in [4.69, 9.17) is 0 Å². The third-order valence-electron chi connectivity index (χ3n) is 3.85. The standard InChI is InChI=1S/C15H20N6O/c1-2-21-14(18-19-20-21)11-6-5-7-12(10-11)17-15(22)13-8-3-4-9-16-13/h5-7,10,13,16H,2-4,8-9H2,1H3,(H,17,22). The van der Waals surface area contributed by atoms with Gasteiger partial charge in [0.15, 0.2) is 5.82 Å². The topological polar surface area (TPSA) is 84.7 Å². The zero-order valence-corrected chi connectivity index (χ0v) is 12.6. The zero-order valence-electron chi connectivity index (χ0n) is 12.6. The second-order valence-electron chi connectivity index (χ2n) is 5.39. The van der Waals surface area contributed by atoms with Crippen molar-refractivity contribution in [1.82, 2.24) is 25.5 Å². The highest BCUT2D eigenvalue weighted by atomic mass is 16.2. The molecule has 116 valence electrons. The lowest BCUT2D eigenvalue weighted by atomic mass is 10.0. The molecule has 0 spiro atoms. The normalized spacial score (nSPS) is 18.1. The van der Waals surface area contributed by atoms with Gasteiger partial charge in [0.2, 0.25) is 5.91 Å². The lowest BCUT2D eigenvalue weighted by Crippen LogP contribution is -2.43. The fourth-order valence-electron chi connectivity index (χ4n) is 2.67. The molecule has 2 aromatic rings. The van der Waals surface area contributed by atoms with Gasteiger partial charge in [-0.25, -0.2) is 4.68 Å². The number of carbonyl (C=O) groups is 1. The van der Waals surface area contributed by atoms with E-state index in [0.29, 0.717) is 12.4 Å². The van der Waals surface area contributed by atoms with Gasteiger partial charge in [0.1, 0.15) is 0 Å². The summed E-state index contributed by atoms with van der Waals surface area (Å²) in [5.74, 6) is 0.723. The minimum Gasteiger partial charge on any atom is -0.325 e. The van der Waals surface area contributed by atoms with Crippen molar-refractivity contribution >= 4 is 11.6 Å². The summed E-state index contributed by atoms with van der Waals surface area (Å²) in [6.07, 6.45) is 3.12. The Kier molecular flexibility index (Phi) is 4.43. The Morgan fingerprint density at radius 3 is 3.14 bits per heavy atom. The van der Waals surface area contributed by atoms with E-state index in [1.54, 1.807) is 4.68 Å². The van der Waals surface area contributed by atoms with Gasteiger partial charge < -0.3 is 10.6 Å². The van der Waals surface area contributed by atoms with E-state index >= 15 is 0 Å². The first kappa shape index (κ1) is 14.6. The second-order valence-corrected chi connectivity index (χ2v) is 5.39. The fourth-order valence-corrected chi connectivity index (χ4v) is 2.67. The highest BCUT2D eigenvalue weighted by Gasteiger charge is 2.20. The number of piperidine rings is 1. The van der Waals surface area contributed by atoms with E-state index in [9.17, 15) is 4.79 Å². The van der Waals surface area contributed by atoms with Gasteiger partial charge in [-0.1, -0.05) is 18.6 Å². The van der Waals surface area contributed by atoms with Crippen molar-refractivity contribution in [3.63, 3.8) is 0 Å². The summed E-state index contributed by atoms with van der Waals surface area (Å²) in [5.41, 5.74) is 1.65. The summed E-state index contributed by atoms with van der Waals surface area (Å²) in [4.78, 5) is 12.3. The van der Waals surface area contributed by atoms with E-state index in [2.05, 4.69) is 26.2 Å². The van der Waals surface area contributed by atoms with Gasteiger partial charge in [0, 0.05) is 17.8 Å². The summed E-state index contributed by atoms with van der Waals surface area (Å²) in [5, 5.41) is 17.9. The number of aryl methyl sites for hydroxylation is 1. The number of anilines is 1. The predicted octanol–water partition coefficient (Wildman–Crippen LogP) is 1.44. The fraction of sp³-hybridized carbons (Fsp3) is 0.467. The molecule has 2 heterocycles. The van der Waals surface area contributed by atoms with E-state index in [1.165, 1.54) is 0 Å². The van der Waals surface area contributed by atoms with Crippen molar-refractivity contribution in [1.29, 1.82) is 0 Å². The summed E-state index contributed by atoms with van der Waals surface area (Å²) in [6, 6.07) is 7.52. The number of amides is 1. The van der Waals surface area contributed by atoms with Crippen molar-refractivity contribution in [2.75, 3.05) is 11.9 Å². The molecule has 3 rings (SSSR count). The summed E-state index contributed by atoms with van der Waals surface area (Å²) in [7, 11) is 0. The molecule has 2 N–H and O–H groups in total. The SMILES string of the molecule is CCn1nnnc1-c1cccc(NC(=O)C2CCCCN2)c1. The van der Waals surface area contributed by atoms with Crippen LogP contribution in [0.5, 0.6) is 0 Å². The average Bonchev–Trinajstić information content (AvgIpc) is 3.04. The molecule has 22 heavy (non-hydrogen) atoms. The Labute approximate surface area is 129 Å². The molecule has 0 saturated carbocycles. The average molecular weight is 300 g/mol. The largest absolute Gasteiger partial charge is 0.325 e. The number of carbonyl (C=O) groups excluding carboxylic acids is 1. The van der Waals surface area contributed by atoms with Crippen molar-refractivity contribution in [3.05, 3.63) is 24.3 Å². The maximum absolute atomic E-state index is 12.3. The van der Waals surface area contributed by atoms with Crippen LogP contribution < -0.4 is 10.6 Å². The number of nitrogens with zero attached hydrogens (tertiary/aromatic N) is 4. The number of tetrazole rings is 1. The van der Waals surface area contributed by atoms with Gasteiger partial charge in [0.25, 0.3) is 0 Å². The van der Waals surface area contributed by atoms with Gasteiger partial charge in [0.05, 0.1) is 6.04 Å². The number of benzene rings is 1. The summed E-state index contributed by atoms with van der Waals surface area (Å²) >= 11 is 0. The van der Waals surface area contributed by atoms with Gasteiger partial charge in [-0.3, -0.25) is 4.79 Å². The molecule has 1 atom stereocenters. The van der Waals surface area contributed by atoms with Gasteiger partial charge in [-0.05, 0) is 48.9 Å². The Bertz CT molecular complexity index is 647. The van der Waals surface area contributed by atoms with Crippen molar-refractivity contribution in [2.24, 2.45) is 0 Å². The lowest BCUT2D eigenvalue weighted by Gasteiger charge is -2.22. The van der Waals surface area contributed by atoms with Crippen molar-refractivity contribution in [2.45, 2.75) is 38.8 Å². The van der Waals surface area contributed by atoms with Crippen LogP contribution in [0.15, 0.2) is 24.3 Å². The van der Waals surface area contributed by atoms with Gasteiger partial charge in [-0.15, -0.1) is 5.10 Å². The van der Waals surface area contributed by atoms with Crippen LogP contribution in [0.1, 0.15) is 26.2 Å². The molecule has 0 bridgehead atoms. The first-order valence-corrected chi connectivity index (χ1v) is 7.69. The summed E-state index contributed by atoms with van der Waals surface area (Å²) < 4.78 is 1.73. The Morgan fingerprint density at radius 2 is 2.36 bits per heavy atom. The third-order valence-corrected chi connectivity index (χ3v) is 3.85. The second kappa shape index (κ2) is 6.65.